The summed E-state index contributed by atoms with van der Waals surface area (Å²) in [6.07, 6.45) is 4.75. The summed E-state index contributed by atoms with van der Waals surface area (Å²) in [7, 11) is 0. The van der Waals surface area contributed by atoms with Crippen molar-refractivity contribution in [2.45, 2.75) is 40.5 Å². The lowest BCUT2D eigenvalue weighted by Crippen LogP contribution is -2.08. The molecule has 0 bridgehead atoms. The second-order valence-corrected chi connectivity index (χ2v) is 3.13. The van der Waals surface area contributed by atoms with E-state index in [0.29, 0.717) is 5.41 Å². The van der Waals surface area contributed by atoms with Crippen molar-refractivity contribution in [3.63, 3.8) is 0 Å². The second kappa shape index (κ2) is 3.01. The summed E-state index contributed by atoms with van der Waals surface area (Å²) in [5.41, 5.74) is 0.536. The topological polar surface area (TPSA) is 0 Å². The molecule has 0 fully saturated rings. The first-order chi connectivity index (χ1) is 3.62. The van der Waals surface area contributed by atoms with Gasteiger partial charge < -0.3 is 0 Å². The van der Waals surface area contributed by atoms with Crippen LogP contribution in [0.3, 0.4) is 0 Å². The Morgan fingerprint density at radius 1 is 1.38 bits per heavy atom. The van der Waals surface area contributed by atoms with Gasteiger partial charge in [0.25, 0.3) is 0 Å². The highest BCUT2D eigenvalue weighted by atomic mass is 14.2. The average molecular weight is 113 g/mol. The van der Waals surface area contributed by atoms with Gasteiger partial charge in [-0.1, -0.05) is 20.8 Å². The molecule has 0 aromatic rings. The Bertz CT molecular complexity index is 53.1. The van der Waals surface area contributed by atoms with Gasteiger partial charge in [-0.25, -0.2) is 0 Å². The average Bonchev–Trinajstić information content (AvgIpc) is 1.67. The lowest BCUT2D eigenvalue weighted by atomic mass is 9.86. The van der Waals surface area contributed by atoms with E-state index < -0.39 is 0 Å². The molecule has 0 rings (SSSR count). The Kier molecular flexibility index (Phi) is 2.96. The normalized spacial score (nSPS) is 11.5. The standard InChI is InChI=1S/C8H17/c1-5-7-8(3,4)6-2/h5H,6-7H2,1-4H3/q+1. The fourth-order valence-corrected chi connectivity index (χ4v) is 0.697. The summed E-state index contributed by atoms with van der Waals surface area (Å²) in [6, 6.07) is 0. The van der Waals surface area contributed by atoms with Crippen LogP contribution in [0.25, 0.3) is 0 Å². The van der Waals surface area contributed by atoms with Gasteiger partial charge in [0, 0.05) is 5.41 Å². The van der Waals surface area contributed by atoms with Gasteiger partial charge in [-0.2, -0.15) is 0 Å². The molecule has 0 aliphatic rings. The van der Waals surface area contributed by atoms with E-state index in [0.717, 1.165) is 0 Å². The third-order valence-electron chi connectivity index (χ3n) is 1.71. The van der Waals surface area contributed by atoms with Crippen molar-refractivity contribution in [3.05, 3.63) is 6.42 Å². The first-order valence-corrected chi connectivity index (χ1v) is 3.40. The van der Waals surface area contributed by atoms with E-state index in [-0.39, 0.29) is 0 Å². The highest BCUT2D eigenvalue weighted by Gasteiger charge is 2.17. The van der Waals surface area contributed by atoms with Crippen molar-refractivity contribution < 1.29 is 0 Å². The molecule has 0 radical (unpaired) electrons. The van der Waals surface area contributed by atoms with Gasteiger partial charge in [-0.3, -0.25) is 0 Å². The van der Waals surface area contributed by atoms with E-state index in [2.05, 4.69) is 34.1 Å². The quantitative estimate of drug-likeness (QED) is 0.493. The third kappa shape index (κ3) is 2.95. The van der Waals surface area contributed by atoms with Crippen molar-refractivity contribution >= 4 is 0 Å². The molecule has 0 aliphatic carbocycles. The summed E-state index contributed by atoms with van der Waals surface area (Å²) in [5.74, 6) is 0. The maximum absolute atomic E-state index is 2.30. The number of rotatable bonds is 3. The molecule has 0 N–H and O–H groups in total. The highest BCUT2D eigenvalue weighted by Crippen LogP contribution is 2.24. The molecule has 0 saturated heterocycles. The van der Waals surface area contributed by atoms with Gasteiger partial charge in [-0.05, 0) is 6.42 Å². The molecule has 0 saturated carbocycles. The molecule has 0 unspecified atom stereocenters. The van der Waals surface area contributed by atoms with Gasteiger partial charge in [0.15, 0.2) is 0 Å². The van der Waals surface area contributed by atoms with Crippen LogP contribution in [0.5, 0.6) is 0 Å². The fraction of sp³-hybridized carbons (Fsp3) is 0.875. The Hall–Kier alpha value is -0.130. The molecule has 0 amide bonds. The van der Waals surface area contributed by atoms with Crippen molar-refractivity contribution in [1.82, 2.24) is 0 Å². The van der Waals surface area contributed by atoms with Crippen molar-refractivity contribution in [3.8, 4) is 0 Å². The largest absolute Gasteiger partial charge is 0.0923 e. The van der Waals surface area contributed by atoms with Gasteiger partial charge in [0.2, 0.25) is 0 Å². The fourth-order valence-electron chi connectivity index (χ4n) is 0.697. The van der Waals surface area contributed by atoms with Gasteiger partial charge in [-0.15, -0.1) is 0 Å². The van der Waals surface area contributed by atoms with Gasteiger partial charge in [0.05, 0.1) is 19.8 Å². The van der Waals surface area contributed by atoms with Crippen LogP contribution in [0, 0.1) is 11.8 Å². The van der Waals surface area contributed by atoms with Crippen LogP contribution in [-0.4, -0.2) is 0 Å². The zero-order valence-corrected chi connectivity index (χ0v) is 6.49. The Balaban J connectivity index is 3.37. The van der Waals surface area contributed by atoms with E-state index >= 15 is 0 Å². The molecule has 0 spiro atoms. The predicted molar refractivity (Wildman–Crippen MR) is 38.7 cm³/mol. The molecule has 48 valence electrons. The zero-order valence-electron chi connectivity index (χ0n) is 6.49. The molecular formula is C8H17+. The zero-order chi connectivity index (χ0) is 6.62. The highest BCUT2D eigenvalue weighted by molar-refractivity contribution is 4.72. The lowest BCUT2D eigenvalue weighted by molar-refractivity contribution is 0.346. The minimum Gasteiger partial charge on any atom is -0.0647 e. The van der Waals surface area contributed by atoms with Crippen molar-refractivity contribution in [2.24, 2.45) is 5.41 Å². The van der Waals surface area contributed by atoms with E-state index in [1.54, 1.807) is 0 Å². The van der Waals surface area contributed by atoms with Gasteiger partial charge in [0.1, 0.15) is 0 Å². The van der Waals surface area contributed by atoms with Crippen LogP contribution in [-0.2, 0) is 0 Å². The van der Waals surface area contributed by atoms with Crippen LogP contribution in [0.1, 0.15) is 40.5 Å². The van der Waals surface area contributed by atoms with Gasteiger partial charge >= 0.3 is 0 Å². The van der Waals surface area contributed by atoms with Crippen molar-refractivity contribution in [1.29, 1.82) is 0 Å². The van der Waals surface area contributed by atoms with E-state index in [9.17, 15) is 0 Å². The second-order valence-electron chi connectivity index (χ2n) is 3.13. The summed E-state index contributed by atoms with van der Waals surface area (Å²) >= 11 is 0. The number of hydrogen-bond donors (Lipinski definition) is 0. The van der Waals surface area contributed by atoms with E-state index in [4.69, 9.17) is 0 Å². The Morgan fingerprint density at radius 3 is 2.00 bits per heavy atom. The molecule has 0 aliphatic heterocycles. The van der Waals surface area contributed by atoms with Crippen LogP contribution in [0.2, 0.25) is 0 Å². The summed E-state index contributed by atoms with van der Waals surface area (Å²) in [4.78, 5) is 0. The van der Waals surface area contributed by atoms with Crippen LogP contribution >= 0.6 is 0 Å². The SMILES string of the molecule is C[CH+]CC(C)(C)CC. The first-order valence-electron chi connectivity index (χ1n) is 3.40. The molecule has 0 aromatic heterocycles. The van der Waals surface area contributed by atoms with Crippen LogP contribution < -0.4 is 0 Å². The molecule has 0 aromatic carbocycles. The first kappa shape index (κ1) is 7.87. The monoisotopic (exact) mass is 113 g/mol. The van der Waals surface area contributed by atoms with Crippen LogP contribution in [0.4, 0.5) is 0 Å². The Labute approximate surface area is 53.3 Å². The smallest absolute Gasteiger partial charge is 0.0647 e. The summed E-state index contributed by atoms with van der Waals surface area (Å²) < 4.78 is 0. The van der Waals surface area contributed by atoms with Crippen molar-refractivity contribution in [2.75, 3.05) is 0 Å². The molecule has 0 atom stereocenters. The molecule has 0 heteroatoms. The molecule has 0 nitrogen and oxygen atoms in total. The molecular weight excluding hydrogens is 96.1 g/mol. The number of hydrogen-bond acceptors (Lipinski definition) is 0. The lowest BCUT2D eigenvalue weighted by Gasteiger charge is -2.15. The maximum atomic E-state index is 2.30. The minimum atomic E-state index is 0.536. The van der Waals surface area contributed by atoms with E-state index in [1.807, 2.05) is 0 Å². The minimum absolute atomic E-state index is 0.536. The summed E-state index contributed by atoms with van der Waals surface area (Å²) in [6.45, 7) is 8.96. The van der Waals surface area contributed by atoms with Crippen LogP contribution in [0.15, 0.2) is 0 Å². The third-order valence-corrected chi connectivity index (χ3v) is 1.71. The van der Waals surface area contributed by atoms with E-state index in [1.165, 1.54) is 12.8 Å². The molecule has 0 heterocycles. The molecule has 8 heavy (non-hydrogen) atoms. The maximum Gasteiger partial charge on any atom is 0.0923 e. The Morgan fingerprint density at radius 2 is 1.88 bits per heavy atom. The predicted octanol–water partition coefficient (Wildman–Crippen LogP) is 3.04. The summed E-state index contributed by atoms with van der Waals surface area (Å²) in [5, 5.41) is 0.